The zero-order valence-electron chi connectivity index (χ0n) is 8.93. The summed E-state index contributed by atoms with van der Waals surface area (Å²) >= 11 is 0. The third kappa shape index (κ3) is 2.36. The maximum absolute atomic E-state index is 11.5. The molecule has 1 aromatic heterocycles. The molecule has 1 aromatic rings. The first kappa shape index (κ1) is 10.6. The largest absolute Gasteiger partial charge is 0.288 e. The fraction of sp³-hybridized carbons (Fsp3) is 0.364. The highest BCUT2D eigenvalue weighted by Crippen LogP contribution is 2.37. The van der Waals surface area contributed by atoms with Gasteiger partial charge in [-0.2, -0.15) is 0 Å². The number of pyridine rings is 1. The topological polar surface area (TPSA) is 71.1 Å². The molecule has 1 saturated carbocycles. The Labute approximate surface area is 93.2 Å². The molecule has 0 radical (unpaired) electrons. The van der Waals surface area contributed by atoms with Gasteiger partial charge in [-0.1, -0.05) is 13.0 Å². The lowest BCUT2D eigenvalue weighted by atomic mass is 10.3. The van der Waals surface area contributed by atoms with Gasteiger partial charge in [0.1, 0.15) is 5.69 Å². The van der Waals surface area contributed by atoms with E-state index in [-0.39, 0.29) is 17.5 Å². The van der Waals surface area contributed by atoms with Crippen molar-refractivity contribution in [3.63, 3.8) is 0 Å². The molecule has 0 bridgehead atoms. The van der Waals surface area contributed by atoms with Gasteiger partial charge in [-0.3, -0.25) is 25.4 Å². The molecular formula is C11H13N3O2. The predicted molar refractivity (Wildman–Crippen MR) is 57.1 cm³/mol. The Hall–Kier alpha value is -1.91. The summed E-state index contributed by atoms with van der Waals surface area (Å²) < 4.78 is 0. The number of nitrogens with zero attached hydrogens (tertiary/aromatic N) is 1. The highest BCUT2D eigenvalue weighted by molar-refractivity contribution is 5.94. The third-order valence-corrected chi connectivity index (χ3v) is 2.64. The van der Waals surface area contributed by atoms with E-state index in [1.807, 2.05) is 6.92 Å². The predicted octanol–water partition coefficient (Wildman–Crippen LogP) is 0.499. The Balaban J connectivity index is 1.82. The highest BCUT2D eigenvalue weighted by atomic mass is 16.2. The minimum atomic E-state index is -0.401. The maximum atomic E-state index is 11.5. The van der Waals surface area contributed by atoms with Gasteiger partial charge in [-0.05, 0) is 24.5 Å². The Bertz CT molecular complexity index is 405. The van der Waals surface area contributed by atoms with E-state index in [9.17, 15) is 9.59 Å². The lowest BCUT2D eigenvalue weighted by molar-refractivity contribution is -0.123. The second kappa shape index (κ2) is 4.30. The Morgan fingerprint density at radius 1 is 1.38 bits per heavy atom. The van der Waals surface area contributed by atoms with Crippen LogP contribution >= 0.6 is 0 Å². The van der Waals surface area contributed by atoms with Crippen LogP contribution in [0.2, 0.25) is 0 Å². The van der Waals surface area contributed by atoms with E-state index in [1.165, 1.54) is 6.20 Å². The van der Waals surface area contributed by atoms with Crippen molar-refractivity contribution in [2.45, 2.75) is 13.3 Å². The van der Waals surface area contributed by atoms with E-state index in [2.05, 4.69) is 15.8 Å². The van der Waals surface area contributed by atoms with Gasteiger partial charge >= 0.3 is 0 Å². The first-order chi connectivity index (χ1) is 7.68. The summed E-state index contributed by atoms with van der Waals surface area (Å²) in [6.45, 7) is 2.00. The van der Waals surface area contributed by atoms with Crippen molar-refractivity contribution in [3.8, 4) is 0 Å². The molecule has 0 saturated heterocycles. The number of nitrogens with one attached hydrogen (secondary N) is 2. The molecule has 1 aliphatic rings. The number of amides is 2. The Kier molecular flexibility index (Phi) is 2.85. The molecule has 2 N–H and O–H groups in total. The standard InChI is InChI=1S/C11H13N3O2/c1-7-6-8(7)10(15)13-14-11(16)9-4-2-3-5-12-9/h2-5,7-8H,6H2,1H3,(H,13,15)(H,14,16). The van der Waals surface area contributed by atoms with Crippen LogP contribution in [0.1, 0.15) is 23.8 Å². The van der Waals surface area contributed by atoms with Crippen LogP contribution in [0.4, 0.5) is 0 Å². The second-order valence-corrected chi connectivity index (χ2v) is 3.98. The van der Waals surface area contributed by atoms with Gasteiger partial charge < -0.3 is 0 Å². The molecule has 2 amide bonds. The van der Waals surface area contributed by atoms with Crippen molar-refractivity contribution in [2.24, 2.45) is 11.8 Å². The molecular weight excluding hydrogens is 206 g/mol. The molecule has 2 rings (SSSR count). The van der Waals surface area contributed by atoms with Crippen LogP contribution < -0.4 is 10.9 Å². The molecule has 5 nitrogen and oxygen atoms in total. The van der Waals surface area contributed by atoms with E-state index >= 15 is 0 Å². The van der Waals surface area contributed by atoms with Gasteiger partial charge in [0, 0.05) is 12.1 Å². The first-order valence-electron chi connectivity index (χ1n) is 5.19. The fourth-order valence-corrected chi connectivity index (χ4v) is 1.46. The molecule has 0 spiro atoms. The van der Waals surface area contributed by atoms with Crippen molar-refractivity contribution in [1.82, 2.24) is 15.8 Å². The van der Waals surface area contributed by atoms with Gasteiger partial charge in [0.25, 0.3) is 5.91 Å². The van der Waals surface area contributed by atoms with Crippen LogP contribution in [-0.4, -0.2) is 16.8 Å². The summed E-state index contributed by atoms with van der Waals surface area (Å²) in [5.74, 6) is -0.0604. The number of hydrogen-bond donors (Lipinski definition) is 2. The first-order valence-corrected chi connectivity index (χ1v) is 5.19. The van der Waals surface area contributed by atoms with E-state index in [4.69, 9.17) is 0 Å². The molecule has 2 unspecified atom stereocenters. The SMILES string of the molecule is CC1CC1C(=O)NNC(=O)c1ccccn1. The number of hydrazine groups is 1. The summed E-state index contributed by atoms with van der Waals surface area (Å²) in [5.41, 5.74) is 5.02. The normalized spacial score (nSPS) is 22.3. The Morgan fingerprint density at radius 2 is 2.12 bits per heavy atom. The Morgan fingerprint density at radius 3 is 2.69 bits per heavy atom. The van der Waals surface area contributed by atoms with Crippen molar-refractivity contribution >= 4 is 11.8 Å². The lowest BCUT2D eigenvalue weighted by Gasteiger charge is -2.05. The molecule has 1 heterocycles. The van der Waals surface area contributed by atoms with E-state index in [1.54, 1.807) is 18.2 Å². The maximum Gasteiger partial charge on any atom is 0.288 e. The number of rotatable bonds is 2. The van der Waals surface area contributed by atoms with Crippen molar-refractivity contribution in [1.29, 1.82) is 0 Å². The molecule has 2 atom stereocenters. The molecule has 1 fully saturated rings. The van der Waals surface area contributed by atoms with E-state index in [0.29, 0.717) is 5.92 Å². The fourth-order valence-electron chi connectivity index (χ4n) is 1.46. The van der Waals surface area contributed by atoms with Gasteiger partial charge in [-0.15, -0.1) is 0 Å². The van der Waals surface area contributed by atoms with Crippen molar-refractivity contribution in [2.75, 3.05) is 0 Å². The average molecular weight is 219 g/mol. The van der Waals surface area contributed by atoms with Crippen LogP contribution in [-0.2, 0) is 4.79 Å². The van der Waals surface area contributed by atoms with Crippen LogP contribution in [0.3, 0.4) is 0 Å². The summed E-state index contributed by atoms with van der Waals surface area (Å²) in [6, 6.07) is 5.02. The van der Waals surface area contributed by atoms with Crippen LogP contribution in [0, 0.1) is 11.8 Å². The van der Waals surface area contributed by atoms with Crippen LogP contribution in [0.5, 0.6) is 0 Å². The monoisotopic (exact) mass is 219 g/mol. The van der Waals surface area contributed by atoms with Crippen LogP contribution in [0.15, 0.2) is 24.4 Å². The van der Waals surface area contributed by atoms with Gasteiger partial charge in [0.2, 0.25) is 5.91 Å². The molecule has 0 aliphatic heterocycles. The molecule has 16 heavy (non-hydrogen) atoms. The zero-order valence-corrected chi connectivity index (χ0v) is 8.93. The van der Waals surface area contributed by atoms with E-state index in [0.717, 1.165) is 6.42 Å². The molecule has 1 aliphatic carbocycles. The second-order valence-electron chi connectivity index (χ2n) is 3.98. The average Bonchev–Trinajstić information content (AvgIpc) is 3.04. The minimum Gasteiger partial charge on any atom is -0.273 e. The number of aromatic nitrogens is 1. The number of carbonyl (C=O) groups is 2. The summed E-state index contributed by atoms with van der Waals surface area (Å²) in [5, 5.41) is 0. The quantitative estimate of drug-likeness (QED) is 0.711. The smallest absolute Gasteiger partial charge is 0.273 e. The van der Waals surface area contributed by atoms with Crippen molar-refractivity contribution < 1.29 is 9.59 Å². The summed E-state index contributed by atoms with van der Waals surface area (Å²) in [6.07, 6.45) is 2.42. The summed E-state index contributed by atoms with van der Waals surface area (Å²) in [4.78, 5) is 26.8. The number of carbonyl (C=O) groups excluding carboxylic acids is 2. The molecule has 84 valence electrons. The van der Waals surface area contributed by atoms with Crippen molar-refractivity contribution in [3.05, 3.63) is 30.1 Å². The zero-order chi connectivity index (χ0) is 11.5. The minimum absolute atomic E-state index is 0.0454. The molecule has 5 heteroatoms. The third-order valence-electron chi connectivity index (χ3n) is 2.64. The summed E-state index contributed by atoms with van der Waals surface area (Å²) in [7, 11) is 0. The van der Waals surface area contributed by atoms with Gasteiger partial charge in [0.15, 0.2) is 0 Å². The lowest BCUT2D eigenvalue weighted by Crippen LogP contribution is -2.42. The molecule has 0 aromatic carbocycles. The van der Waals surface area contributed by atoms with Gasteiger partial charge in [-0.25, -0.2) is 0 Å². The van der Waals surface area contributed by atoms with Crippen LogP contribution in [0.25, 0.3) is 0 Å². The van der Waals surface area contributed by atoms with Gasteiger partial charge in [0.05, 0.1) is 0 Å². The number of hydrogen-bond acceptors (Lipinski definition) is 3. The highest BCUT2D eigenvalue weighted by Gasteiger charge is 2.39. The van der Waals surface area contributed by atoms with E-state index < -0.39 is 5.91 Å².